The minimum Gasteiger partial charge on any atom is -0.436 e. The van der Waals surface area contributed by atoms with Crippen molar-refractivity contribution in [3.05, 3.63) is 44.4 Å². The number of fused-ring (bicyclic) bond motifs is 1. The van der Waals surface area contributed by atoms with Gasteiger partial charge in [-0.15, -0.1) is 0 Å². The smallest absolute Gasteiger partial charge is 0.276 e. The highest BCUT2D eigenvalue weighted by Crippen LogP contribution is 2.33. The number of amides is 1. The molecule has 4 nitrogen and oxygen atoms in total. The van der Waals surface area contributed by atoms with Crippen molar-refractivity contribution in [2.75, 3.05) is 5.32 Å². The SMILES string of the molecule is O=C(Nc1ccc2oc(-c3cc(I)ccc3Br)nc2c1)C(Cl)(Cl)Cl. The van der Waals surface area contributed by atoms with Crippen molar-refractivity contribution in [3.8, 4) is 11.5 Å². The molecule has 0 aliphatic carbocycles. The number of halogens is 5. The second-order valence-electron chi connectivity index (χ2n) is 4.78. The number of nitrogens with one attached hydrogen (secondary N) is 1. The molecular formula is C15H7BrCl3IN2O2. The lowest BCUT2D eigenvalue weighted by Gasteiger charge is -2.10. The van der Waals surface area contributed by atoms with Crippen LogP contribution in [-0.2, 0) is 4.79 Å². The van der Waals surface area contributed by atoms with Crippen molar-refractivity contribution in [2.45, 2.75) is 3.79 Å². The lowest BCUT2D eigenvalue weighted by Crippen LogP contribution is -2.26. The number of hydrogen-bond donors (Lipinski definition) is 1. The van der Waals surface area contributed by atoms with E-state index >= 15 is 0 Å². The van der Waals surface area contributed by atoms with E-state index in [1.807, 2.05) is 18.2 Å². The molecule has 0 aliphatic rings. The van der Waals surface area contributed by atoms with Gasteiger partial charge in [0.1, 0.15) is 5.52 Å². The first-order chi connectivity index (χ1) is 11.2. The zero-order valence-electron chi connectivity index (χ0n) is 11.6. The predicted octanol–water partition coefficient (Wildman–Crippen LogP) is 6.17. The van der Waals surface area contributed by atoms with Crippen molar-refractivity contribution in [3.63, 3.8) is 0 Å². The fourth-order valence-electron chi connectivity index (χ4n) is 1.98. The fraction of sp³-hybridized carbons (Fsp3) is 0.0667. The molecule has 24 heavy (non-hydrogen) atoms. The van der Waals surface area contributed by atoms with E-state index in [1.54, 1.807) is 18.2 Å². The van der Waals surface area contributed by atoms with Gasteiger partial charge in [0, 0.05) is 13.7 Å². The van der Waals surface area contributed by atoms with Gasteiger partial charge >= 0.3 is 0 Å². The third-order valence-corrected chi connectivity index (χ3v) is 4.94. The number of aromatic nitrogens is 1. The lowest BCUT2D eigenvalue weighted by atomic mass is 10.2. The molecule has 1 amide bonds. The zero-order chi connectivity index (χ0) is 17.5. The van der Waals surface area contributed by atoms with Gasteiger partial charge in [-0.05, 0) is 74.9 Å². The Labute approximate surface area is 174 Å². The summed E-state index contributed by atoms with van der Waals surface area (Å²) in [4.78, 5) is 16.2. The standard InChI is InChI=1S/C15H7BrCl3IN2O2/c16-10-3-1-7(20)5-9(10)13-22-11-6-8(2-4-12(11)24-13)21-14(23)15(17,18)19/h1-6H,(H,21,23). The molecule has 0 saturated carbocycles. The Kier molecular flexibility index (Phi) is 5.32. The van der Waals surface area contributed by atoms with E-state index in [1.165, 1.54) is 0 Å². The van der Waals surface area contributed by atoms with E-state index in [2.05, 4.69) is 48.8 Å². The van der Waals surface area contributed by atoms with E-state index in [0.717, 1.165) is 13.6 Å². The second-order valence-corrected chi connectivity index (χ2v) is 9.16. The summed E-state index contributed by atoms with van der Waals surface area (Å²) in [5.74, 6) is -0.267. The van der Waals surface area contributed by atoms with Crippen LogP contribution >= 0.6 is 73.3 Å². The second kappa shape index (κ2) is 6.99. The highest BCUT2D eigenvalue weighted by molar-refractivity contribution is 14.1. The molecule has 9 heteroatoms. The summed E-state index contributed by atoms with van der Waals surface area (Å²) < 4.78 is 5.68. The van der Waals surface area contributed by atoms with Crippen LogP contribution in [0.25, 0.3) is 22.6 Å². The summed E-state index contributed by atoms with van der Waals surface area (Å²) in [5, 5.41) is 2.52. The maximum absolute atomic E-state index is 11.7. The average molecular weight is 560 g/mol. The molecule has 3 aromatic rings. The number of alkyl halides is 3. The minimum absolute atomic E-state index is 0.459. The molecule has 124 valence electrons. The molecule has 0 atom stereocenters. The molecule has 1 aromatic heterocycles. The molecule has 0 radical (unpaired) electrons. The van der Waals surface area contributed by atoms with E-state index in [9.17, 15) is 4.79 Å². The molecule has 1 heterocycles. The summed E-state index contributed by atoms with van der Waals surface area (Å²) in [6.07, 6.45) is 0. The van der Waals surface area contributed by atoms with Crippen LogP contribution in [0.1, 0.15) is 0 Å². The molecule has 0 unspecified atom stereocenters. The van der Waals surface area contributed by atoms with Crippen molar-refractivity contribution in [2.24, 2.45) is 0 Å². The van der Waals surface area contributed by atoms with Crippen LogP contribution in [0, 0.1) is 3.57 Å². The molecule has 0 spiro atoms. The Morgan fingerprint density at radius 2 is 1.96 bits per heavy atom. The lowest BCUT2D eigenvalue weighted by molar-refractivity contribution is -0.115. The minimum atomic E-state index is -2.03. The Morgan fingerprint density at radius 3 is 2.67 bits per heavy atom. The summed E-state index contributed by atoms with van der Waals surface area (Å²) in [5.41, 5.74) is 2.46. The van der Waals surface area contributed by atoms with Crippen molar-refractivity contribution >= 4 is 96.0 Å². The van der Waals surface area contributed by atoms with E-state index in [0.29, 0.717) is 22.7 Å². The van der Waals surface area contributed by atoms with Gasteiger partial charge in [-0.2, -0.15) is 0 Å². The Balaban J connectivity index is 1.97. The number of carbonyl (C=O) groups excluding carboxylic acids is 1. The summed E-state index contributed by atoms with van der Waals surface area (Å²) in [6, 6.07) is 10.9. The molecular weight excluding hydrogens is 553 g/mol. The Hall–Kier alpha value is -0.540. The van der Waals surface area contributed by atoms with Crippen LogP contribution in [0.3, 0.4) is 0 Å². The highest BCUT2D eigenvalue weighted by atomic mass is 127. The third kappa shape index (κ3) is 3.99. The van der Waals surface area contributed by atoms with Gasteiger partial charge in [-0.1, -0.05) is 34.8 Å². The first kappa shape index (κ1) is 18.3. The maximum Gasteiger partial charge on any atom is 0.276 e. The number of oxazole rings is 1. The maximum atomic E-state index is 11.7. The van der Waals surface area contributed by atoms with Gasteiger partial charge in [0.25, 0.3) is 9.70 Å². The molecule has 0 saturated heterocycles. The number of nitrogens with zero attached hydrogens (tertiary/aromatic N) is 1. The van der Waals surface area contributed by atoms with Crippen molar-refractivity contribution in [1.82, 2.24) is 4.98 Å². The molecule has 0 fully saturated rings. The van der Waals surface area contributed by atoms with Crippen molar-refractivity contribution < 1.29 is 9.21 Å². The third-order valence-electron chi connectivity index (χ3n) is 3.06. The quantitative estimate of drug-likeness (QED) is 0.301. The van der Waals surface area contributed by atoms with Gasteiger partial charge in [-0.25, -0.2) is 4.98 Å². The number of carbonyl (C=O) groups is 1. The van der Waals surface area contributed by atoms with Crippen LogP contribution in [0.5, 0.6) is 0 Å². The number of benzene rings is 2. The summed E-state index contributed by atoms with van der Waals surface area (Å²) >= 11 is 22.3. The van der Waals surface area contributed by atoms with Crippen LogP contribution in [0.15, 0.2) is 45.3 Å². The number of anilines is 1. The molecule has 2 aromatic carbocycles. The van der Waals surface area contributed by atoms with Crippen LogP contribution in [-0.4, -0.2) is 14.7 Å². The van der Waals surface area contributed by atoms with Crippen LogP contribution in [0.2, 0.25) is 0 Å². The van der Waals surface area contributed by atoms with E-state index < -0.39 is 9.70 Å². The zero-order valence-corrected chi connectivity index (χ0v) is 17.6. The van der Waals surface area contributed by atoms with Crippen molar-refractivity contribution in [1.29, 1.82) is 0 Å². The largest absolute Gasteiger partial charge is 0.436 e. The number of rotatable bonds is 2. The normalized spacial score (nSPS) is 11.7. The first-order valence-corrected chi connectivity index (χ1v) is 9.49. The van der Waals surface area contributed by atoms with E-state index in [4.69, 9.17) is 39.2 Å². The Bertz CT molecular complexity index is 940. The summed E-state index contributed by atoms with van der Waals surface area (Å²) in [7, 11) is 0. The van der Waals surface area contributed by atoms with E-state index in [-0.39, 0.29) is 0 Å². The van der Waals surface area contributed by atoms with Gasteiger partial charge in [0.2, 0.25) is 5.89 Å². The first-order valence-electron chi connectivity index (χ1n) is 6.48. The predicted molar refractivity (Wildman–Crippen MR) is 109 cm³/mol. The fourth-order valence-corrected chi connectivity index (χ4v) is 3.03. The van der Waals surface area contributed by atoms with Gasteiger partial charge in [-0.3, -0.25) is 4.79 Å². The monoisotopic (exact) mass is 558 g/mol. The molecule has 3 rings (SSSR count). The van der Waals surface area contributed by atoms with Gasteiger partial charge in [0.15, 0.2) is 5.58 Å². The molecule has 0 bridgehead atoms. The number of hydrogen-bond acceptors (Lipinski definition) is 3. The topological polar surface area (TPSA) is 55.1 Å². The molecule has 0 aliphatic heterocycles. The van der Waals surface area contributed by atoms with Gasteiger partial charge < -0.3 is 9.73 Å². The average Bonchev–Trinajstić information content (AvgIpc) is 2.91. The van der Waals surface area contributed by atoms with Crippen LogP contribution in [0.4, 0.5) is 5.69 Å². The molecule has 1 N–H and O–H groups in total. The summed E-state index contributed by atoms with van der Waals surface area (Å²) in [6.45, 7) is 0. The Morgan fingerprint density at radius 1 is 1.21 bits per heavy atom. The van der Waals surface area contributed by atoms with Crippen LogP contribution < -0.4 is 5.32 Å². The van der Waals surface area contributed by atoms with Gasteiger partial charge in [0.05, 0.1) is 5.56 Å². The highest BCUT2D eigenvalue weighted by Gasteiger charge is 2.30.